The minimum atomic E-state index is -3.04. The molecule has 0 saturated heterocycles. The molecule has 1 aliphatic heterocycles. The first-order valence-electron chi connectivity index (χ1n) is 4.32. The maximum atomic E-state index is 11.2. The lowest BCUT2D eigenvalue weighted by molar-refractivity contribution is -0.121. The van der Waals surface area contributed by atoms with E-state index >= 15 is 0 Å². The number of sulfone groups is 1. The normalized spacial score (nSPS) is 23.3. The molecule has 0 aromatic heterocycles. The maximum absolute atomic E-state index is 11.2. The zero-order chi connectivity index (χ0) is 10.6. The first-order valence-corrected chi connectivity index (χ1v) is 6.03. The van der Waals surface area contributed by atoms with E-state index < -0.39 is 9.84 Å². The zero-order valence-electron chi connectivity index (χ0n) is 7.77. The molecule has 4 nitrogen and oxygen atoms in total. The van der Waals surface area contributed by atoms with Crippen molar-refractivity contribution < 1.29 is 13.2 Å². The van der Waals surface area contributed by atoms with Gasteiger partial charge in [-0.05, 0) is 0 Å². The number of nitrogens with one attached hydrogen (secondary N) is 1. The Labute approximate surface area is 83.6 Å². The molecular formula is C9H13NO3S. The third kappa shape index (κ3) is 3.33. The van der Waals surface area contributed by atoms with Crippen LogP contribution in [0.25, 0.3) is 0 Å². The second-order valence-corrected chi connectivity index (χ2v) is 5.15. The summed E-state index contributed by atoms with van der Waals surface area (Å²) in [6.45, 7) is 3.88. The molecule has 14 heavy (non-hydrogen) atoms. The number of rotatable bonds is 4. The van der Waals surface area contributed by atoms with Crippen LogP contribution in [0.15, 0.2) is 24.1 Å². The largest absolute Gasteiger partial charge is 0.353 e. The standard InChI is InChI=1S/C9H13NO3S/c1-2-4-10-9(11)6-8-3-5-14(12,13)7-8/h2-3,5,8H,1,4,6-7H2,(H,10,11)/t8-/m1/s1. The summed E-state index contributed by atoms with van der Waals surface area (Å²) in [6.07, 6.45) is 3.38. The van der Waals surface area contributed by atoms with E-state index in [9.17, 15) is 13.2 Å². The third-order valence-electron chi connectivity index (χ3n) is 1.90. The van der Waals surface area contributed by atoms with E-state index in [1.807, 2.05) is 0 Å². The fourth-order valence-corrected chi connectivity index (χ4v) is 2.66. The number of allylic oxidation sites excluding steroid dienone is 1. The molecule has 1 rings (SSSR count). The highest BCUT2D eigenvalue weighted by Crippen LogP contribution is 2.17. The van der Waals surface area contributed by atoms with Gasteiger partial charge in [-0.15, -0.1) is 6.58 Å². The topological polar surface area (TPSA) is 63.2 Å². The second-order valence-electron chi connectivity index (χ2n) is 3.22. The van der Waals surface area contributed by atoms with Crippen molar-refractivity contribution in [3.05, 3.63) is 24.1 Å². The summed E-state index contributed by atoms with van der Waals surface area (Å²) < 4.78 is 22.0. The summed E-state index contributed by atoms with van der Waals surface area (Å²) in [4.78, 5) is 11.2. The van der Waals surface area contributed by atoms with Crippen molar-refractivity contribution in [2.45, 2.75) is 6.42 Å². The first-order chi connectivity index (χ1) is 6.53. The van der Waals surface area contributed by atoms with Gasteiger partial charge in [0, 0.05) is 24.3 Å². The molecule has 78 valence electrons. The van der Waals surface area contributed by atoms with Crippen LogP contribution in [0.5, 0.6) is 0 Å². The molecule has 1 heterocycles. The Hall–Kier alpha value is -1.10. The molecule has 0 radical (unpaired) electrons. The van der Waals surface area contributed by atoms with Gasteiger partial charge in [-0.1, -0.05) is 12.2 Å². The molecule has 5 heteroatoms. The number of carbonyl (C=O) groups is 1. The molecule has 0 bridgehead atoms. The molecule has 0 spiro atoms. The van der Waals surface area contributed by atoms with Gasteiger partial charge >= 0.3 is 0 Å². The van der Waals surface area contributed by atoms with Crippen LogP contribution in [0.1, 0.15) is 6.42 Å². The lowest BCUT2D eigenvalue weighted by Crippen LogP contribution is -2.25. The van der Waals surface area contributed by atoms with Gasteiger partial charge in [0.1, 0.15) is 0 Å². The molecule has 0 aliphatic carbocycles. The van der Waals surface area contributed by atoms with Crippen molar-refractivity contribution >= 4 is 15.7 Å². The van der Waals surface area contributed by atoms with Gasteiger partial charge in [-0.3, -0.25) is 4.79 Å². The van der Waals surface area contributed by atoms with Crippen molar-refractivity contribution in [1.82, 2.24) is 5.32 Å². The van der Waals surface area contributed by atoms with Crippen LogP contribution in [0.4, 0.5) is 0 Å². The molecule has 0 aromatic rings. The summed E-state index contributed by atoms with van der Waals surface area (Å²) in [7, 11) is -3.04. The van der Waals surface area contributed by atoms with Crippen LogP contribution in [0.3, 0.4) is 0 Å². The Morgan fingerprint density at radius 2 is 2.36 bits per heavy atom. The minimum absolute atomic E-state index is 0.0501. The first kappa shape index (κ1) is 11.0. The molecule has 1 amide bonds. The molecule has 0 saturated carbocycles. The van der Waals surface area contributed by atoms with E-state index in [1.54, 1.807) is 12.2 Å². The highest BCUT2D eigenvalue weighted by atomic mass is 32.2. The molecular weight excluding hydrogens is 202 g/mol. The van der Waals surface area contributed by atoms with E-state index in [1.165, 1.54) is 5.41 Å². The van der Waals surface area contributed by atoms with Crippen molar-refractivity contribution in [3.8, 4) is 0 Å². The number of hydrogen-bond acceptors (Lipinski definition) is 3. The average molecular weight is 215 g/mol. The van der Waals surface area contributed by atoms with E-state index in [-0.39, 0.29) is 24.0 Å². The van der Waals surface area contributed by atoms with Crippen molar-refractivity contribution in [3.63, 3.8) is 0 Å². The van der Waals surface area contributed by atoms with Crippen LogP contribution >= 0.6 is 0 Å². The van der Waals surface area contributed by atoms with Gasteiger partial charge in [-0.25, -0.2) is 8.42 Å². The number of amides is 1. The Bertz CT molecular complexity index is 356. The van der Waals surface area contributed by atoms with Crippen molar-refractivity contribution in [2.24, 2.45) is 5.92 Å². The third-order valence-corrected chi connectivity index (χ3v) is 3.36. The Balaban J connectivity index is 2.37. The number of carbonyl (C=O) groups excluding carboxylic acids is 1. The molecule has 1 aliphatic rings. The molecule has 0 fully saturated rings. The SMILES string of the molecule is C=CCNC(=O)C[C@H]1C=CS(=O)(=O)C1. The number of hydrogen-bond donors (Lipinski definition) is 1. The lowest BCUT2D eigenvalue weighted by Gasteiger charge is -2.05. The molecule has 0 unspecified atom stereocenters. The van der Waals surface area contributed by atoms with E-state index in [0.29, 0.717) is 6.54 Å². The smallest absolute Gasteiger partial charge is 0.220 e. The molecule has 1 N–H and O–H groups in total. The fraction of sp³-hybridized carbons (Fsp3) is 0.444. The van der Waals surface area contributed by atoms with E-state index in [0.717, 1.165) is 0 Å². The monoisotopic (exact) mass is 215 g/mol. The predicted octanol–water partition coefficient (Wildman–Crippen LogP) is 0.237. The summed E-state index contributed by atoms with van der Waals surface area (Å²) in [5.74, 6) is -0.268. The van der Waals surface area contributed by atoms with Crippen LogP contribution in [0, 0.1) is 5.92 Å². The van der Waals surface area contributed by atoms with Gasteiger partial charge in [0.05, 0.1) is 5.75 Å². The fourth-order valence-electron chi connectivity index (χ4n) is 1.26. The maximum Gasteiger partial charge on any atom is 0.220 e. The quantitative estimate of drug-likeness (QED) is 0.683. The van der Waals surface area contributed by atoms with Crippen LogP contribution in [0.2, 0.25) is 0 Å². The highest BCUT2D eigenvalue weighted by Gasteiger charge is 2.23. The van der Waals surface area contributed by atoms with Crippen LogP contribution in [-0.2, 0) is 14.6 Å². The summed E-state index contributed by atoms with van der Waals surface area (Å²) in [6, 6.07) is 0. The second kappa shape index (κ2) is 4.41. The lowest BCUT2D eigenvalue weighted by atomic mass is 10.1. The van der Waals surface area contributed by atoms with Gasteiger partial charge in [0.15, 0.2) is 9.84 Å². The highest BCUT2D eigenvalue weighted by molar-refractivity contribution is 7.94. The average Bonchev–Trinajstić information content (AvgIpc) is 2.42. The Morgan fingerprint density at radius 3 is 2.86 bits per heavy atom. The van der Waals surface area contributed by atoms with Crippen molar-refractivity contribution in [2.75, 3.05) is 12.3 Å². The van der Waals surface area contributed by atoms with E-state index in [4.69, 9.17) is 0 Å². The summed E-state index contributed by atoms with van der Waals surface area (Å²) >= 11 is 0. The van der Waals surface area contributed by atoms with Crippen molar-refractivity contribution in [1.29, 1.82) is 0 Å². The minimum Gasteiger partial charge on any atom is -0.353 e. The zero-order valence-corrected chi connectivity index (χ0v) is 8.59. The van der Waals surface area contributed by atoms with E-state index in [2.05, 4.69) is 11.9 Å². The van der Waals surface area contributed by atoms with Crippen LogP contribution < -0.4 is 5.32 Å². The molecule has 0 aromatic carbocycles. The summed E-state index contributed by atoms with van der Waals surface area (Å²) in [5, 5.41) is 3.78. The Morgan fingerprint density at radius 1 is 1.64 bits per heavy atom. The van der Waals surface area contributed by atoms with Gasteiger partial charge in [0.2, 0.25) is 5.91 Å². The molecule has 1 atom stereocenters. The Kier molecular flexibility index (Phi) is 3.46. The van der Waals surface area contributed by atoms with Gasteiger partial charge in [-0.2, -0.15) is 0 Å². The summed E-state index contributed by atoms with van der Waals surface area (Å²) in [5.41, 5.74) is 0. The van der Waals surface area contributed by atoms with Crippen LogP contribution in [-0.4, -0.2) is 26.6 Å². The van der Waals surface area contributed by atoms with Gasteiger partial charge in [0.25, 0.3) is 0 Å². The predicted molar refractivity (Wildman–Crippen MR) is 54.2 cm³/mol. The van der Waals surface area contributed by atoms with Gasteiger partial charge < -0.3 is 5.32 Å².